The van der Waals surface area contributed by atoms with Crippen LogP contribution < -0.4 is 14.9 Å². The number of hydrogen-bond donors (Lipinski definition) is 2. The van der Waals surface area contributed by atoms with Gasteiger partial charge in [0.05, 0.1) is 19.1 Å². The summed E-state index contributed by atoms with van der Waals surface area (Å²) in [6.45, 7) is 4.28. The number of para-hydroxylation sites is 1. The van der Waals surface area contributed by atoms with E-state index in [1.165, 1.54) is 18.5 Å². The van der Waals surface area contributed by atoms with E-state index in [0.29, 0.717) is 23.6 Å². The minimum absolute atomic E-state index is 0.0868. The van der Waals surface area contributed by atoms with Crippen molar-refractivity contribution in [3.63, 3.8) is 0 Å². The maximum atomic E-state index is 13.3. The van der Waals surface area contributed by atoms with Crippen LogP contribution in [-0.2, 0) is 6.42 Å². The van der Waals surface area contributed by atoms with E-state index < -0.39 is 5.97 Å². The van der Waals surface area contributed by atoms with Crippen LogP contribution in [0.2, 0.25) is 0 Å². The fourth-order valence-electron chi connectivity index (χ4n) is 4.37. The predicted octanol–water partition coefficient (Wildman–Crippen LogP) is 6.37. The summed E-state index contributed by atoms with van der Waals surface area (Å²) in [5, 5.41) is 5.16. The van der Waals surface area contributed by atoms with Gasteiger partial charge in [-0.15, -0.1) is 0 Å². The van der Waals surface area contributed by atoms with Crippen LogP contribution >= 0.6 is 0 Å². The Kier molecular flexibility index (Phi) is 7.54. The lowest BCUT2D eigenvalue weighted by Gasteiger charge is -2.10. The number of esters is 1. The molecule has 8 heteroatoms. The number of ether oxygens (including phenoxy) is 2. The summed E-state index contributed by atoms with van der Waals surface area (Å²) >= 11 is 0. The van der Waals surface area contributed by atoms with Crippen LogP contribution in [0.25, 0.3) is 22.0 Å². The van der Waals surface area contributed by atoms with E-state index in [1.807, 2.05) is 49.4 Å². The third-order valence-electron chi connectivity index (χ3n) is 6.16. The highest BCUT2D eigenvalue weighted by Crippen LogP contribution is 2.34. The van der Waals surface area contributed by atoms with Gasteiger partial charge in [0, 0.05) is 16.5 Å². The molecule has 39 heavy (non-hydrogen) atoms. The molecular weight excluding hydrogens is 494 g/mol. The number of amides is 1. The Morgan fingerprint density at radius 1 is 0.974 bits per heavy atom. The van der Waals surface area contributed by atoms with Crippen LogP contribution in [0.5, 0.6) is 11.5 Å². The van der Waals surface area contributed by atoms with Gasteiger partial charge in [0.25, 0.3) is 5.91 Å². The molecule has 0 aliphatic rings. The van der Waals surface area contributed by atoms with E-state index in [1.54, 1.807) is 24.3 Å². The summed E-state index contributed by atoms with van der Waals surface area (Å²) in [6.07, 6.45) is 3.73. The smallest absolute Gasteiger partial charge is 0.379 e. The molecule has 2 aromatic heterocycles. The fraction of sp³-hybridized carbons (Fsp3) is 0.129. The van der Waals surface area contributed by atoms with Gasteiger partial charge >= 0.3 is 5.97 Å². The van der Waals surface area contributed by atoms with E-state index >= 15 is 0 Å². The molecular formula is C31H27N3O5. The van der Waals surface area contributed by atoms with Crippen molar-refractivity contribution in [2.75, 3.05) is 6.61 Å². The number of benzene rings is 3. The SMILES string of the molecule is CCOc1cc(C=NNC(=O)c2[nH]c3c(CC)cccc3c2-c2ccccc2)ccc1OC(=O)c1ccco1. The predicted molar refractivity (Wildman–Crippen MR) is 149 cm³/mol. The van der Waals surface area contributed by atoms with Crippen LogP contribution in [0.3, 0.4) is 0 Å². The Labute approximate surface area is 225 Å². The van der Waals surface area contributed by atoms with Crippen molar-refractivity contribution < 1.29 is 23.5 Å². The van der Waals surface area contributed by atoms with Crippen molar-refractivity contribution >= 4 is 29.0 Å². The van der Waals surface area contributed by atoms with Gasteiger partial charge in [0.2, 0.25) is 5.76 Å². The first-order valence-electron chi connectivity index (χ1n) is 12.6. The number of H-pyrrole nitrogens is 1. The summed E-state index contributed by atoms with van der Waals surface area (Å²) in [4.78, 5) is 28.9. The van der Waals surface area contributed by atoms with Crippen molar-refractivity contribution in [3.8, 4) is 22.6 Å². The van der Waals surface area contributed by atoms with Crippen LogP contribution in [-0.4, -0.2) is 29.7 Å². The second kappa shape index (κ2) is 11.5. The second-order valence-electron chi connectivity index (χ2n) is 8.64. The molecule has 0 spiro atoms. The van der Waals surface area contributed by atoms with Gasteiger partial charge in [-0.3, -0.25) is 4.79 Å². The summed E-state index contributed by atoms with van der Waals surface area (Å²) in [6, 6.07) is 24.0. The lowest BCUT2D eigenvalue weighted by Crippen LogP contribution is -2.19. The number of furan rings is 1. The number of aromatic amines is 1. The Morgan fingerprint density at radius 3 is 2.56 bits per heavy atom. The van der Waals surface area contributed by atoms with Gasteiger partial charge < -0.3 is 18.9 Å². The summed E-state index contributed by atoms with van der Waals surface area (Å²) in [7, 11) is 0. The standard InChI is InChI=1S/C31H27N3O5/c1-3-21-12-8-13-23-27(22-10-6-5-7-11-22)29(33-28(21)23)30(35)34-32-19-20-15-16-24(26(18-20)37-4-2)39-31(36)25-14-9-17-38-25/h5-19,33H,3-4H2,1-2H3,(H,34,35). The molecule has 0 aliphatic carbocycles. The zero-order valence-corrected chi connectivity index (χ0v) is 21.6. The van der Waals surface area contributed by atoms with Crippen LogP contribution in [0, 0.1) is 0 Å². The number of hydrogen-bond acceptors (Lipinski definition) is 6. The summed E-state index contributed by atoms with van der Waals surface area (Å²) in [5.41, 5.74) is 7.54. The van der Waals surface area contributed by atoms with E-state index in [4.69, 9.17) is 13.9 Å². The molecule has 5 rings (SSSR count). The van der Waals surface area contributed by atoms with Gasteiger partial charge in [-0.05, 0) is 60.4 Å². The Hall–Kier alpha value is -5.11. The molecule has 196 valence electrons. The van der Waals surface area contributed by atoms with Crippen molar-refractivity contribution in [1.29, 1.82) is 0 Å². The molecule has 0 fully saturated rings. The molecule has 2 N–H and O–H groups in total. The monoisotopic (exact) mass is 521 g/mol. The summed E-state index contributed by atoms with van der Waals surface area (Å²) in [5.74, 6) is -0.298. The molecule has 0 unspecified atom stereocenters. The van der Waals surface area contributed by atoms with E-state index in [-0.39, 0.29) is 17.4 Å². The maximum Gasteiger partial charge on any atom is 0.379 e. The zero-order chi connectivity index (χ0) is 27.2. The van der Waals surface area contributed by atoms with Gasteiger partial charge in [-0.2, -0.15) is 5.10 Å². The Bertz CT molecular complexity index is 1640. The number of nitrogens with one attached hydrogen (secondary N) is 2. The number of hydrazone groups is 1. The van der Waals surface area contributed by atoms with E-state index in [2.05, 4.69) is 28.5 Å². The maximum absolute atomic E-state index is 13.3. The normalized spacial score (nSPS) is 11.1. The average Bonchev–Trinajstić information content (AvgIpc) is 3.64. The van der Waals surface area contributed by atoms with Gasteiger partial charge in [-0.1, -0.05) is 55.5 Å². The first kappa shape index (κ1) is 25.5. The Morgan fingerprint density at radius 2 is 1.82 bits per heavy atom. The summed E-state index contributed by atoms with van der Waals surface area (Å²) < 4.78 is 16.2. The second-order valence-corrected chi connectivity index (χ2v) is 8.64. The third-order valence-corrected chi connectivity index (χ3v) is 6.16. The number of nitrogens with zero attached hydrogens (tertiary/aromatic N) is 1. The molecule has 2 heterocycles. The number of rotatable bonds is 9. The van der Waals surface area contributed by atoms with Crippen LogP contribution in [0.15, 0.2) is 94.6 Å². The topological polar surface area (TPSA) is 106 Å². The largest absolute Gasteiger partial charge is 0.490 e. The first-order valence-corrected chi connectivity index (χ1v) is 12.6. The van der Waals surface area contributed by atoms with Crippen LogP contribution in [0.4, 0.5) is 0 Å². The molecule has 0 radical (unpaired) electrons. The lowest BCUT2D eigenvalue weighted by atomic mass is 10.00. The molecule has 0 saturated heterocycles. The van der Waals surface area contributed by atoms with Crippen molar-refractivity contribution in [2.24, 2.45) is 5.10 Å². The minimum atomic E-state index is -0.631. The average molecular weight is 522 g/mol. The first-order chi connectivity index (χ1) is 19.1. The molecule has 3 aromatic carbocycles. The molecule has 1 amide bonds. The highest BCUT2D eigenvalue weighted by atomic mass is 16.6. The molecule has 0 atom stereocenters. The third kappa shape index (κ3) is 5.45. The number of carbonyl (C=O) groups excluding carboxylic acids is 2. The van der Waals surface area contributed by atoms with Gasteiger partial charge in [0.15, 0.2) is 11.5 Å². The molecule has 0 aliphatic heterocycles. The zero-order valence-electron chi connectivity index (χ0n) is 21.6. The minimum Gasteiger partial charge on any atom is -0.490 e. The van der Waals surface area contributed by atoms with Crippen molar-refractivity contribution in [3.05, 3.63) is 108 Å². The van der Waals surface area contributed by atoms with Gasteiger partial charge in [-0.25, -0.2) is 10.2 Å². The highest BCUT2D eigenvalue weighted by molar-refractivity contribution is 6.10. The number of aromatic nitrogens is 1. The van der Waals surface area contributed by atoms with E-state index in [9.17, 15) is 9.59 Å². The molecule has 5 aromatic rings. The lowest BCUT2D eigenvalue weighted by molar-refractivity contribution is 0.0695. The van der Waals surface area contributed by atoms with E-state index in [0.717, 1.165) is 34.0 Å². The quantitative estimate of drug-likeness (QED) is 0.101. The fourth-order valence-corrected chi connectivity index (χ4v) is 4.37. The molecule has 0 saturated carbocycles. The molecule has 8 nitrogen and oxygen atoms in total. The Balaban J connectivity index is 1.39. The van der Waals surface area contributed by atoms with Crippen molar-refractivity contribution in [2.45, 2.75) is 20.3 Å². The molecule has 0 bridgehead atoms. The number of carbonyl (C=O) groups is 2. The van der Waals surface area contributed by atoms with Crippen molar-refractivity contribution in [1.82, 2.24) is 10.4 Å². The highest BCUT2D eigenvalue weighted by Gasteiger charge is 2.20. The van der Waals surface area contributed by atoms with Crippen LogP contribution in [0.1, 0.15) is 46.0 Å². The van der Waals surface area contributed by atoms with Gasteiger partial charge in [0.1, 0.15) is 5.69 Å². The number of aryl methyl sites for hydroxylation is 1. The number of fused-ring (bicyclic) bond motifs is 1.